The van der Waals surface area contributed by atoms with Crippen LogP contribution in [0.4, 0.5) is 5.95 Å². The van der Waals surface area contributed by atoms with E-state index in [1.54, 1.807) is 0 Å². The van der Waals surface area contributed by atoms with E-state index in [0.717, 1.165) is 30.3 Å². The lowest BCUT2D eigenvalue weighted by Crippen LogP contribution is -2.37. The van der Waals surface area contributed by atoms with E-state index in [1.807, 2.05) is 13.1 Å². The van der Waals surface area contributed by atoms with Crippen molar-refractivity contribution in [1.82, 2.24) is 14.9 Å². The van der Waals surface area contributed by atoms with Crippen LogP contribution in [0.15, 0.2) is 6.20 Å². The minimum absolute atomic E-state index is 0.489. The molecule has 0 spiro atoms. The highest BCUT2D eigenvalue weighted by Gasteiger charge is 2.29. The molecule has 2 aliphatic rings. The van der Waals surface area contributed by atoms with Gasteiger partial charge in [0.15, 0.2) is 0 Å². The van der Waals surface area contributed by atoms with Gasteiger partial charge in [-0.15, -0.1) is 11.6 Å². The van der Waals surface area contributed by atoms with Crippen molar-refractivity contribution in [2.45, 2.75) is 38.1 Å². The summed E-state index contributed by atoms with van der Waals surface area (Å²) in [6, 6.07) is 0.694. The topological polar surface area (TPSA) is 32.3 Å². The van der Waals surface area contributed by atoms with E-state index in [9.17, 15) is 0 Å². The first-order valence-electron chi connectivity index (χ1n) is 7.15. The molecule has 1 aromatic rings. The van der Waals surface area contributed by atoms with Crippen LogP contribution in [-0.2, 0) is 5.88 Å². The van der Waals surface area contributed by atoms with Gasteiger partial charge in [-0.25, -0.2) is 9.97 Å². The van der Waals surface area contributed by atoms with Gasteiger partial charge >= 0.3 is 0 Å². The van der Waals surface area contributed by atoms with Crippen molar-refractivity contribution in [3.63, 3.8) is 0 Å². The summed E-state index contributed by atoms with van der Waals surface area (Å²) in [6.45, 7) is 6.64. The summed E-state index contributed by atoms with van der Waals surface area (Å²) in [7, 11) is 0. The zero-order valence-electron chi connectivity index (χ0n) is 11.5. The van der Waals surface area contributed by atoms with Gasteiger partial charge in [0, 0.05) is 43.1 Å². The maximum absolute atomic E-state index is 5.87. The SMILES string of the molecule is Cc1nc(N2CCCN3CCCC3C2)ncc1CCl. The quantitative estimate of drug-likeness (QED) is 0.778. The molecule has 3 rings (SSSR count). The molecule has 0 bridgehead atoms. The van der Waals surface area contributed by atoms with Crippen molar-refractivity contribution in [3.8, 4) is 0 Å². The highest BCUT2D eigenvalue weighted by atomic mass is 35.5. The van der Waals surface area contributed by atoms with Crippen LogP contribution in [0.2, 0.25) is 0 Å². The second-order valence-electron chi connectivity index (χ2n) is 5.55. The lowest BCUT2D eigenvalue weighted by Gasteiger charge is -2.25. The third kappa shape index (κ3) is 2.70. The van der Waals surface area contributed by atoms with Crippen molar-refractivity contribution < 1.29 is 0 Å². The highest BCUT2D eigenvalue weighted by molar-refractivity contribution is 6.17. The molecule has 1 aromatic heterocycles. The summed E-state index contributed by atoms with van der Waals surface area (Å²) in [4.78, 5) is 14.1. The second-order valence-corrected chi connectivity index (χ2v) is 5.81. The Morgan fingerprint density at radius 2 is 2.16 bits per heavy atom. The Morgan fingerprint density at radius 1 is 1.32 bits per heavy atom. The first-order chi connectivity index (χ1) is 9.28. The molecule has 4 nitrogen and oxygen atoms in total. The largest absolute Gasteiger partial charge is 0.339 e. The van der Waals surface area contributed by atoms with E-state index < -0.39 is 0 Å². The lowest BCUT2D eigenvalue weighted by molar-refractivity contribution is 0.273. The second kappa shape index (κ2) is 5.63. The van der Waals surface area contributed by atoms with Crippen LogP contribution in [0.1, 0.15) is 30.5 Å². The molecule has 1 atom stereocenters. The zero-order chi connectivity index (χ0) is 13.2. The Kier molecular flexibility index (Phi) is 3.89. The fourth-order valence-corrected chi connectivity index (χ4v) is 3.41. The molecule has 0 saturated carbocycles. The van der Waals surface area contributed by atoms with E-state index in [-0.39, 0.29) is 0 Å². The van der Waals surface area contributed by atoms with Crippen molar-refractivity contribution in [3.05, 3.63) is 17.5 Å². The van der Waals surface area contributed by atoms with Crippen molar-refractivity contribution in [2.24, 2.45) is 0 Å². The number of hydrogen-bond acceptors (Lipinski definition) is 4. The lowest BCUT2D eigenvalue weighted by atomic mass is 10.2. The third-order valence-electron chi connectivity index (χ3n) is 4.30. The Hall–Kier alpha value is -0.870. The molecular formula is C14H21ClN4. The van der Waals surface area contributed by atoms with Crippen LogP contribution in [0.5, 0.6) is 0 Å². The molecule has 104 valence electrons. The number of rotatable bonds is 2. The molecule has 0 aromatic carbocycles. The van der Waals surface area contributed by atoms with E-state index >= 15 is 0 Å². The number of hydrogen-bond donors (Lipinski definition) is 0. The molecule has 2 fully saturated rings. The summed E-state index contributed by atoms with van der Waals surface area (Å²) >= 11 is 5.87. The van der Waals surface area contributed by atoms with Crippen LogP contribution >= 0.6 is 11.6 Å². The molecule has 0 radical (unpaired) electrons. The van der Waals surface area contributed by atoms with Crippen molar-refractivity contribution in [2.75, 3.05) is 31.1 Å². The van der Waals surface area contributed by atoms with Gasteiger partial charge < -0.3 is 4.90 Å². The molecule has 1 unspecified atom stereocenters. The van der Waals surface area contributed by atoms with Gasteiger partial charge in [0.2, 0.25) is 5.95 Å². The van der Waals surface area contributed by atoms with Crippen molar-refractivity contribution >= 4 is 17.5 Å². The average Bonchev–Trinajstić information content (AvgIpc) is 2.76. The average molecular weight is 281 g/mol. The maximum Gasteiger partial charge on any atom is 0.225 e. The summed E-state index contributed by atoms with van der Waals surface area (Å²) in [5.41, 5.74) is 2.04. The normalized spacial score (nSPS) is 24.3. The maximum atomic E-state index is 5.87. The predicted octanol–water partition coefficient (Wildman–Crippen LogP) is 2.20. The Morgan fingerprint density at radius 3 is 2.95 bits per heavy atom. The number of aromatic nitrogens is 2. The van der Waals surface area contributed by atoms with E-state index in [0.29, 0.717) is 11.9 Å². The predicted molar refractivity (Wildman–Crippen MR) is 77.8 cm³/mol. The van der Waals surface area contributed by atoms with Crippen LogP contribution in [-0.4, -0.2) is 47.1 Å². The van der Waals surface area contributed by atoms with Gasteiger partial charge in [-0.2, -0.15) is 0 Å². The minimum Gasteiger partial charge on any atom is -0.339 e. The van der Waals surface area contributed by atoms with Gasteiger partial charge in [-0.1, -0.05) is 0 Å². The molecule has 0 N–H and O–H groups in total. The van der Waals surface area contributed by atoms with Gasteiger partial charge in [-0.3, -0.25) is 4.90 Å². The third-order valence-corrected chi connectivity index (χ3v) is 4.59. The van der Waals surface area contributed by atoms with Crippen LogP contribution in [0.3, 0.4) is 0 Å². The molecule has 5 heteroatoms. The van der Waals surface area contributed by atoms with Crippen molar-refractivity contribution in [1.29, 1.82) is 0 Å². The molecule has 3 heterocycles. The van der Waals surface area contributed by atoms with Crippen LogP contribution < -0.4 is 4.90 Å². The van der Waals surface area contributed by atoms with Crippen LogP contribution in [0, 0.1) is 6.92 Å². The Labute approximate surface area is 119 Å². The standard InChI is InChI=1S/C14H21ClN4/c1-11-12(8-15)9-16-14(17-11)19-7-3-6-18-5-2-4-13(18)10-19/h9,13H,2-8,10H2,1H3. The van der Waals surface area contributed by atoms with Gasteiger partial charge in [0.05, 0.1) is 5.88 Å². The zero-order valence-corrected chi connectivity index (χ0v) is 12.2. The Bertz CT molecular complexity index is 451. The summed E-state index contributed by atoms with van der Waals surface area (Å²) in [5.74, 6) is 1.36. The van der Waals surface area contributed by atoms with Gasteiger partial charge in [0.1, 0.15) is 0 Å². The summed E-state index contributed by atoms with van der Waals surface area (Å²) < 4.78 is 0. The number of halogens is 1. The number of anilines is 1. The fourth-order valence-electron chi connectivity index (χ4n) is 3.15. The fraction of sp³-hybridized carbons (Fsp3) is 0.714. The number of aryl methyl sites for hydroxylation is 1. The van der Waals surface area contributed by atoms with E-state index in [1.165, 1.54) is 32.4 Å². The Balaban J connectivity index is 1.79. The monoisotopic (exact) mass is 280 g/mol. The van der Waals surface area contributed by atoms with E-state index in [2.05, 4.69) is 19.8 Å². The smallest absolute Gasteiger partial charge is 0.225 e. The first kappa shape index (κ1) is 13.1. The molecular weight excluding hydrogens is 260 g/mol. The summed E-state index contributed by atoms with van der Waals surface area (Å²) in [5, 5.41) is 0. The first-order valence-corrected chi connectivity index (χ1v) is 7.69. The number of nitrogens with zero attached hydrogens (tertiary/aromatic N) is 4. The summed E-state index contributed by atoms with van der Waals surface area (Å²) in [6.07, 6.45) is 5.73. The number of alkyl halides is 1. The highest BCUT2D eigenvalue weighted by Crippen LogP contribution is 2.23. The number of fused-ring (bicyclic) bond motifs is 1. The molecule has 0 amide bonds. The van der Waals surface area contributed by atoms with E-state index in [4.69, 9.17) is 11.6 Å². The molecule has 2 aliphatic heterocycles. The van der Waals surface area contributed by atoms with Gasteiger partial charge in [0.25, 0.3) is 0 Å². The molecule has 19 heavy (non-hydrogen) atoms. The molecule has 2 saturated heterocycles. The van der Waals surface area contributed by atoms with Gasteiger partial charge in [-0.05, 0) is 32.7 Å². The van der Waals surface area contributed by atoms with Crippen LogP contribution in [0.25, 0.3) is 0 Å². The molecule has 0 aliphatic carbocycles. The minimum atomic E-state index is 0.489.